The highest BCUT2D eigenvalue weighted by molar-refractivity contribution is 4.87. The Labute approximate surface area is 94.4 Å². The quantitative estimate of drug-likeness (QED) is 0.747. The molecule has 2 rings (SSSR count). The SMILES string of the molecule is CCCNC1CCN(CC2CC2C)CC1. The summed E-state index contributed by atoms with van der Waals surface area (Å²) in [5.74, 6) is 2.05. The number of nitrogens with one attached hydrogen (secondary N) is 1. The number of nitrogens with zero attached hydrogens (tertiary/aromatic N) is 1. The van der Waals surface area contributed by atoms with Crippen molar-refractivity contribution in [3.63, 3.8) is 0 Å². The fraction of sp³-hybridized carbons (Fsp3) is 1.00. The Morgan fingerprint density at radius 3 is 2.47 bits per heavy atom. The number of piperidine rings is 1. The van der Waals surface area contributed by atoms with E-state index in [2.05, 4.69) is 24.1 Å². The molecule has 1 saturated heterocycles. The van der Waals surface area contributed by atoms with Crippen LogP contribution in [0.25, 0.3) is 0 Å². The molecule has 1 saturated carbocycles. The summed E-state index contributed by atoms with van der Waals surface area (Å²) in [6, 6.07) is 0.804. The van der Waals surface area contributed by atoms with Crippen molar-refractivity contribution >= 4 is 0 Å². The molecule has 88 valence electrons. The average Bonchev–Trinajstić information content (AvgIpc) is 2.93. The number of rotatable bonds is 5. The van der Waals surface area contributed by atoms with Gasteiger partial charge in [-0.3, -0.25) is 0 Å². The average molecular weight is 210 g/mol. The van der Waals surface area contributed by atoms with E-state index in [1.807, 2.05) is 0 Å². The van der Waals surface area contributed by atoms with Gasteiger partial charge < -0.3 is 10.2 Å². The summed E-state index contributed by atoms with van der Waals surface area (Å²) in [4.78, 5) is 2.68. The predicted octanol–water partition coefficient (Wildman–Crippen LogP) is 2.11. The second kappa shape index (κ2) is 5.31. The Morgan fingerprint density at radius 1 is 1.27 bits per heavy atom. The lowest BCUT2D eigenvalue weighted by molar-refractivity contribution is 0.189. The van der Waals surface area contributed by atoms with Gasteiger partial charge in [-0.15, -0.1) is 0 Å². The van der Waals surface area contributed by atoms with Crippen LogP contribution in [0.4, 0.5) is 0 Å². The first-order chi connectivity index (χ1) is 7.29. The van der Waals surface area contributed by atoms with Gasteiger partial charge in [0, 0.05) is 12.6 Å². The Hall–Kier alpha value is -0.0800. The van der Waals surface area contributed by atoms with Gasteiger partial charge in [-0.1, -0.05) is 13.8 Å². The van der Waals surface area contributed by atoms with Crippen LogP contribution in [0.1, 0.15) is 39.5 Å². The van der Waals surface area contributed by atoms with Crippen molar-refractivity contribution in [2.75, 3.05) is 26.2 Å². The summed E-state index contributed by atoms with van der Waals surface area (Å²) in [5, 5.41) is 3.64. The van der Waals surface area contributed by atoms with Gasteiger partial charge in [0.2, 0.25) is 0 Å². The van der Waals surface area contributed by atoms with Crippen LogP contribution >= 0.6 is 0 Å². The van der Waals surface area contributed by atoms with E-state index < -0.39 is 0 Å². The Bertz CT molecular complexity index is 185. The van der Waals surface area contributed by atoms with Crippen LogP contribution in [0.15, 0.2) is 0 Å². The largest absolute Gasteiger partial charge is 0.314 e. The molecule has 0 spiro atoms. The van der Waals surface area contributed by atoms with Gasteiger partial charge in [0.25, 0.3) is 0 Å². The van der Waals surface area contributed by atoms with Crippen molar-refractivity contribution in [2.45, 2.75) is 45.6 Å². The van der Waals surface area contributed by atoms with Crippen LogP contribution < -0.4 is 5.32 Å². The summed E-state index contributed by atoms with van der Waals surface area (Å²) in [5.41, 5.74) is 0. The van der Waals surface area contributed by atoms with E-state index in [0.29, 0.717) is 0 Å². The van der Waals surface area contributed by atoms with Gasteiger partial charge in [-0.2, -0.15) is 0 Å². The zero-order chi connectivity index (χ0) is 10.7. The highest BCUT2D eigenvalue weighted by Gasteiger charge is 2.34. The first kappa shape index (κ1) is 11.4. The summed E-state index contributed by atoms with van der Waals surface area (Å²) < 4.78 is 0. The molecular weight excluding hydrogens is 184 g/mol. The van der Waals surface area contributed by atoms with E-state index in [-0.39, 0.29) is 0 Å². The van der Waals surface area contributed by atoms with Crippen molar-refractivity contribution in [1.29, 1.82) is 0 Å². The van der Waals surface area contributed by atoms with Crippen LogP contribution in [-0.2, 0) is 0 Å². The van der Waals surface area contributed by atoms with Crippen molar-refractivity contribution in [1.82, 2.24) is 10.2 Å². The van der Waals surface area contributed by atoms with Crippen LogP contribution in [0, 0.1) is 11.8 Å². The van der Waals surface area contributed by atoms with E-state index in [0.717, 1.165) is 17.9 Å². The molecule has 1 aliphatic carbocycles. The first-order valence-electron chi connectivity index (χ1n) is 6.75. The van der Waals surface area contributed by atoms with Crippen molar-refractivity contribution < 1.29 is 0 Å². The minimum Gasteiger partial charge on any atom is -0.314 e. The highest BCUT2D eigenvalue weighted by atomic mass is 15.1. The van der Waals surface area contributed by atoms with Crippen LogP contribution in [0.2, 0.25) is 0 Å². The maximum Gasteiger partial charge on any atom is 0.00914 e. The van der Waals surface area contributed by atoms with E-state index >= 15 is 0 Å². The molecule has 2 unspecified atom stereocenters. The lowest BCUT2D eigenvalue weighted by Gasteiger charge is -2.32. The number of hydrogen-bond donors (Lipinski definition) is 1. The maximum atomic E-state index is 3.64. The second-order valence-corrected chi connectivity index (χ2v) is 5.50. The van der Waals surface area contributed by atoms with Gasteiger partial charge in [-0.05, 0) is 57.2 Å². The molecule has 0 aromatic heterocycles. The zero-order valence-corrected chi connectivity index (χ0v) is 10.3. The van der Waals surface area contributed by atoms with E-state index in [1.54, 1.807) is 0 Å². The minimum absolute atomic E-state index is 0.804. The van der Waals surface area contributed by atoms with Crippen LogP contribution in [0.5, 0.6) is 0 Å². The molecule has 0 radical (unpaired) electrons. The molecule has 2 atom stereocenters. The molecular formula is C13H26N2. The number of hydrogen-bond acceptors (Lipinski definition) is 2. The molecule has 2 fully saturated rings. The summed E-state index contributed by atoms with van der Waals surface area (Å²) in [7, 11) is 0. The van der Waals surface area contributed by atoms with E-state index in [1.165, 1.54) is 51.9 Å². The Balaban J connectivity index is 1.59. The third-order valence-corrected chi connectivity index (χ3v) is 4.04. The molecule has 2 heteroatoms. The fourth-order valence-electron chi connectivity index (χ4n) is 2.65. The zero-order valence-electron chi connectivity index (χ0n) is 10.3. The van der Waals surface area contributed by atoms with Gasteiger partial charge in [0.15, 0.2) is 0 Å². The molecule has 1 heterocycles. The van der Waals surface area contributed by atoms with E-state index in [9.17, 15) is 0 Å². The smallest absolute Gasteiger partial charge is 0.00914 e. The lowest BCUT2D eigenvalue weighted by Crippen LogP contribution is -2.43. The molecule has 2 nitrogen and oxygen atoms in total. The summed E-state index contributed by atoms with van der Waals surface area (Å²) in [6.45, 7) is 9.86. The monoisotopic (exact) mass is 210 g/mol. The molecule has 0 bridgehead atoms. The first-order valence-corrected chi connectivity index (χ1v) is 6.75. The topological polar surface area (TPSA) is 15.3 Å². The Kier molecular flexibility index (Phi) is 4.04. The molecule has 1 N–H and O–H groups in total. The standard InChI is InChI=1S/C13H26N2/c1-3-6-14-13-4-7-15(8-5-13)10-12-9-11(12)2/h11-14H,3-10H2,1-2H3. The molecule has 15 heavy (non-hydrogen) atoms. The lowest BCUT2D eigenvalue weighted by atomic mass is 10.0. The third-order valence-electron chi connectivity index (χ3n) is 4.04. The predicted molar refractivity (Wildman–Crippen MR) is 65.0 cm³/mol. The van der Waals surface area contributed by atoms with Gasteiger partial charge >= 0.3 is 0 Å². The highest BCUT2D eigenvalue weighted by Crippen LogP contribution is 2.38. The van der Waals surface area contributed by atoms with E-state index in [4.69, 9.17) is 0 Å². The van der Waals surface area contributed by atoms with Crippen molar-refractivity contribution in [2.24, 2.45) is 11.8 Å². The normalized spacial score (nSPS) is 33.2. The van der Waals surface area contributed by atoms with Crippen molar-refractivity contribution in [3.05, 3.63) is 0 Å². The van der Waals surface area contributed by atoms with Crippen LogP contribution in [-0.4, -0.2) is 37.1 Å². The Morgan fingerprint density at radius 2 is 1.93 bits per heavy atom. The fourth-order valence-corrected chi connectivity index (χ4v) is 2.65. The molecule has 0 aromatic rings. The third kappa shape index (κ3) is 3.46. The molecule has 0 aromatic carbocycles. The summed E-state index contributed by atoms with van der Waals surface area (Å²) in [6.07, 6.45) is 5.47. The number of likely N-dealkylation sites (tertiary alicyclic amines) is 1. The van der Waals surface area contributed by atoms with Gasteiger partial charge in [0.1, 0.15) is 0 Å². The molecule has 2 aliphatic rings. The summed E-state index contributed by atoms with van der Waals surface area (Å²) >= 11 is 0. The molecule has 0 amide bonds. The van der Waals surface area contributed by atoms with Crippen LogP contribution in [0.3, 0.4) is 0 Å². The van der Waals surface area contributed by atoms with Gasteiger partial charge in [0.05, 0.1) is 0 Å². The second-order valence-electron chi connectivity index (χ2n) is 5.50. The minimum atomic E-state index is 0.804. The van der Waals surface area contributed by atoms with Crippen molar-refractivity contribution in [3.8, 4) is 0 Å². The maximum absolute atomic E-state index is 3.64. The molecule has 1 aliphatic heterocycles. The van der Waals surface area contributed by atoms with Gasteiger partial charge in [-0.25, -0.2) is 0 Å².